The summed E-state index contributed by atoms with van der Waals surface area (Å²) < 4.78 is 0.970. The lowest BCUT2D eigenvalue weighted by Crippen LogP contribution is -2.04. The van der Waals surface area contributed by atoms with Crippen molar-refractivity contribution < 1.29 is 0 Å². The van der Waals surface area contributed by atoms with Crippen LogP contribution in [0.15, 0.2) is 22.9 Å². The first-order valence-electron chi connectivity index (χ1n) is 4.81. The number of aromatic nitrogens is 3. The number of aryl methyl sites for hydroxylation is 1. The number of nitrogens with one attached hydrogen (secondary N) is 2. The zero-order chi connectivity index (χ0) is 11.5. The molecule has 6 heteroatoms. The zero-order valence-corrected chi connectivity index (χ0v) is 10.4. The van der Waals surface area contributed by atoms with Crippen LogP contribution in [0.1, 0.15) is 11.1 Å². The second-order valence-corrected chi connectivity index (χ2v) is 4.25. The lowest BCUT2D eigenvalue weighted by Gasteiger charge is -2.08. The molecule has 2 aromatic rings. The number of halogens is 1. The number of rotatable bonds is 3. The fourth-order valence-electron chi connectivity index (χ4n) is 1.30. The summed E-state index contributed by atoms with van der Waals surface area (Å²) in [6.45, 7) is 2.61. The van der Waals surface area contributed by atoms with Gasteiger partial charge in [-0.2, -0.15) is 5.10 Å². The predicted octanol–water partition coefficient (Wildman–Crippen LogP) is 2.07. The highest BCUT2D eigenvalue weighted by atomic mass is 79.9. The van der Waals surface area contributed by atoms with Crippen LogP contribution in [0.5, 0.6) is 0 Å². The Bertz CT molecular complexity index is 494. The Hall–Kier alpha value is -1.56. The molecule has 0 amide bonds. The molecule has 0 bridgehead atoms. The maximum Gasteiger partial charge on any atom is 0.140 e. The molecule has 0 fully saturated rings. The summed E-state index contributed by atoms with van der Waals surface area (Å²) in [5, 5.41) is 9.74. The molecule has 4 N–H and O–H groups in total. The smallest absolute Gasteiger partial charge is 0.140 e. The molecule has 0 aliphatic heterocycles. The van der Waals surface area contributed by atoms with Gasteiger partial charge in [-0.3, -0.25) is 5.10 Å². The van der Waals surface area contributed by atoms with E-state index in [1.165, 1.54) is 0 Å². The van der Waals surface area contributed by atoms with Gasteiger partial charge in [0.1, 0.15) is 11.6 Å². The SMILES string of the molecule is Cc1ccnc(NCc2cn[nH]c2N)c1Br. The van der Waals surface area contributed by atoms with Gasteiger partial charge in [0.25, 0.3) is 0 Å². The molecule has 0 atom stereocenters. The van der Waals surface area contributed by atoms with E-state index in [9.17, 15) is 0 Å². The number of hydrogen-bond donors (Lipinski definition) is 3. The van der Waals surface area contributed by atoms with Gasteiger partial charge in [0, 0.05) is 18.3 Å². The number of nitrogens with zero attached hydrogens (tertiary/aromatic N) is 2. The van der Waals surface area contributed by atoms with Gasteiger partial charge >= 0.3 is 0 Å². The van der Waals surface area contributed by atoms with E-state index in [4.69, 9.17) is 5.73 Å². The van der Waals surface area contributed by atoms with Gasteiger partial charge in [-0.1, -0.05) is 0 Å². The number of nitrogens with two attached hydrogens (primary N) is 1. The summed E-state index contributed by atoms with van der Waals surface area (Å²) in [4.78, 5) is 4.24. The highest BCUT2D eigenvalue weighted by Crippen LogP contribution is 2.23. The van der Waals surface area contributed by atoms with Gasteiger partial charge in [0.05, 0.1) is 10.7 Å². The Balaban J connectivity index is 2.11. The second kappa shape index (κ2) is 4.52. The molecule has 0 aliphatic carbocycles. The fourth-order valence-corrected chi connectivity index (χ4v) is 1.68. The van der Waals surface area contributed by atoms with E-state index in [1.807, 2.05) is 13.0 Å². The lowest BCUT2D eigenvalue weighted by molar-refractivity contribution is 1.10. The highest BCUT2D eigenvalue weighted by Gasteiger charge is 2.05. The fraction of sp³-hybridized carbons (Fsp3) is 0.200. The van der Waals surface area contributed by atoms with Crippen LogP contribution in [0.2, 0.25) is 0 Å². The van der Waals surface area contributed by atoms with Crippen LogP contribution in [0, 0.1) is 6.92 Å². The van der Waals surface area contributed by atoms with E-state index in [0.29, 0.717) is 12.4 Å². The molecule has 0 unspecified atom stereocenters. The molecule has 0 spiro atoms. The third-order valence-electron chi connectivity index (χ3n) is 2.28. The largest absolute Gasteiger partial charge is 0.384 e. The van der Waals surface area contributed by atoms with Crippen molar-refractivity contribution in [2.45, 2.75) is 13.5 Å². The first-order chi connectivity index (χ1) is 7.68. The summed E-state index contributed by atoms with van der Waals surface area (Å²) in [5.41, 5.74) is 7.75. The number of anilines is 2. The number of pyridine rings is 1. The number of nitrogen functional groups attached to an aromatic ring is 1. The standard InChI is InChI=1S/C10H12BrN5/c1-6-2-3-13-10(8(6)11)14-4-7-5-15-16-9(7)12/h2-3,5H,4H2,1H3,(H,13,14)(H3,12,15,16). The zero-order valence-electron chi connectivity index (χ0n) is 8.79. The maximum atomic E-state index is 5.68. The molecule has 2 aromatic heterocycles. The highest BCUT2D eigenvalue weighted by molar-refractivity contribution is 9.10. The normalized spacial score (nSPS) is 10.4. The maximum absolute atomic E-state index is 5.68. The monoisotopic (exact) mass is 281 g/mol. The Labute approximate surface area is 102 Å². The first kappa shape index (κ1) is 10.9. The van der Waals surface area contributed by atoms with E-state index in [2.05, 4.69) is 36.4 Å². The molecular formula is C10H12BrN5. The van der Waals surface area contributed by atoms with Gasteiger partial charge in [0.2, 0.25) is 0 Å². The molecule has 0 aromatic carbocycles. The van der Waals surface area contributed by atoms with Crippen LogP contribution < -0.4 is 11.1 Å². The third kappa shape index (κ3) is 2.16. The van der Waals surface area contributed by atoms with Gasteiger partial charge in [0.15, 0.2) is 0 Å². The van der Waals surface area contributed by atoms with Crippen molar-refractivity contribution in [3.05, 3.63) is 34.1 Å². The molecule has 0 radical (unpaired) electrons. The summed E-state index contributed by atoms with van der Waals surface area (Å²) in [6, 6.07) is 1.95. The van der Waals surface area contributed by atoms with Crippen molar-refractivity contribution >= 4 is 27.6 Å². The van der Waals surface area contributed by atoms with Crippen molar-refractivity contribution in [1.82, 2.24) is 15.2 Å². The Morgan fingerprint density at radius 1 is 1.56 bits per heavy atom. The molecule has 0 saturated heterocycles. The van der Waals surface area contributed by atoms with Crippen LogP contribution in [-0.4, -0.2) is 15.2 Å². The summed E-state index contributed by atoms with van der Waals surface area (Å²) in [7, 11) is 0. The molecule has 5 nitrogen and oxygen atoms in total. The number of H-pyrrole nitrogens is 1. The van der Waals surface area contributed by atoms with E-state index >= 15 is 0 Å². The minimum Gasteiger partial charge on any atom is -0.384 e. The average Bonchev–Trinajstić information content (AvgIpc) is 2.67. The van der Waals surface area contributed by atoms with Gasteiger partial charge < -0.3 is 11.1 Å². The predicted molar refractivity (Wildman–Crippen MR) is 67.0 cm³/mol. The van der Waals surface area contributed by atoms with Gasteiger partial charge in [-0.25, -0.2) is 4.98 Å². The van der Waals surface area contributed by atoms with Crippen LogP contribution in [0.25, 0.3) is 0 Å². The third-order valence-corrected chi connectivity index (χ3v) is 3.28. The van der Waals surface area contributed by atoms with Gasteiger partial charge in [-0.15, -0.1) is 0 Å². The molecule has 0 aliphatic rings. The molecule has 2 heterocycles. The average molecular weight is 282 g/mol. The Morgan fingerprint density at radius 3 is 3.06 bits per heavy atom. The summed E-state index contributed by atoms with van der Waals surface area (Å²) in [6.07, 6.45) is 3.47. The molecule has 84 valence electrons. The first-order valence-corrected chi connectivity index (χ1v) is 5.60. The van der Waals surface area contributed by atoms with Crippen molar-refractivity contribution in [1.29, 1.82) is 0 Å². The number of aromatic amines is 1. The van der Waals surface area contributed by atoms with E-state index < -0.39 is 0 Å². The van der Waals surface area contributed by atoms with Crippen LogP contribution >= 0.6 is 15.9 Å². The van der Waals surface area contributed by atoms with E-state index in [1.54, 1.807) is 12.4 Å². The quantitative estimate of drug-likeness (QED) is 0.805. The van der Waals surface area contributed by atoms with Crippen molar-refractivity contribution in [3.8, 4) is 0 Å². The number of hydrogen-bond acceptors (Lipinski definition) is 4. The van der Waals surface area contributed by atoms with Crippen LogP contribution in [0.3, 0.4) is 0 Å². The van der Waals surface area contributed by atoms with Crippen LogP contribution in [0.4, 0.5) is 11.6 Å². The van der Waals surface area contributed by atoms with E-state index in [-0.39, 0.29) is 0 Å². The molecular weight excluding hydrogens is 270 g/mol. The molecule has 0 saturated carbocycles. The Kier molecular flexibility index (Phi) is 3.09. The molecule has 16 heavy (non-hydrogen) atoms. The van der Waals surface area contributed by atoms with Crippen LogP contribution in [-0.2, 0) is 6.54 Å². The Morgan fingerprint density at radius 2 is 2.38 bits per heavy atom. The summed E-state index contributed by atoms with van der Waals surface area (Å²) >= 11 is 3.48. The minimum atomic E-state index is 0.580. The summed E-state index contributed by atoms with van der Waals surface area (Å²) in [5.74, 6) is 1.39. The van der Waals surface area contributed by atoms with E-state index in [0.717, 1.165) is 21.4 Å². The van der Waals surface area contributed by atoms with Crippen molar-refractivity contribution in [3.63, 3.8) is 0 Å². The van der Waals surface area contributed by atoms with Crippen molar-refractivity contribution in [2.75, 3.05) is 11.1 Å². The lowest BCUT2D eigenvalue weighted by atomic mass is 10.3. The van der Waals surface area contributed by atoms with Crippen molar-refractivity contribution in [2.24, 2.45) is 0 Å². The minimum absolute atomic E-state index is 0.580. The second-order valence-electron chi connectivity index (χ2n) is 3.45. The molecule has 2 rings (SSSR count). The topological polar surface area (TPSA) is 79.6 Å². The van der Waals surface area contributed by atoms with Gasteiger partial charge in [-0.05, 0) is 34.5 Å².